The summed E-state index contributed by atoms with van der Waals surface area (Å²) in [6.45, 7) is 2.00. The molecule has 1 atom stereocenters. The number of carbonyl (C=O) groups is 1. The molecule has 1 unspecified atom stereocenters. The summed E-state index contributed by atoms with van der Waals surface area (Å²) in [5.41, 5.74) is 2.43. The standard InChI is InChI=1S/C19H20N2O3S/c1-4-17(18(22)12-5-7-13(23-2)8-6-12)25-19-20-15-10-9-14(24-3)11-16(15)21-19/h5-11,17H,4H2,1-3H3,(H,20,21). The summed E-state index contributed by atoms with van der Waals surface area (Å²) in [6.07, 6.45) is 0.718. The number of nitrogens with zero attached hydrogens (tertiary/aromatic N) is 1. The highest BCUT2D eigenvalue weighted by molar-refractivity contribution is 8.00. The number of thioether (sulfide) groups is 1. The zero-order valence-electron chi connectivity index (χ0n) is 14.4. The Bertz CT molecular complexity index is 874. The van der Waals surface area contributed by atoms with Gasteiger partial charge < -0.3 is 14.5 Å². The molecule has 0 aliphatic rings. The average molecular weight is 356 g/mol. The summed E-state index contributed by atoms with van der Waals surface area (Å²) >= 11 is 1.45. The van der Waals surface area contributed by atoms with Gasteiger partial charge in [0.15, 0.2) is 10.9 Å². The van der Waals surface area contributed by atoms with Gasteiger partial charge >= 0.3 is 0 Å². The van der Waals surface area contributed by atoms with Crippen LogP contribution in [-0.4, -0.2) is 35.2 Å². The summed E-state index contributed by atoms with van der Waals surface area (Å²) in [4.78, 5) is 20.6. The van der Waals surface area contributed by atoms with Gasteiger partial charge in [-0.15, -0.1) is 0 Å². The molecule has 3 rings (SSSR count). The van der Waals surface area contributed by atoms with E-state index < -0.39 is 0 Å². The maximum absolute atomic E-state index is 12.8. The minimum Gasteiger partial charge on any atom is -0.497 e. The minimum absolute atomic E-state index is 0.0909. The lowest BCUT2D eigenvalue weighted by molar-refractivity contribution is 0.0988. The molecule has 5 nitrogen and oxygen atoms in total. The predicted octanol–water partition coefficient (Wildman–Crippen LogP) is 4.33. The third kappa shape index (κ3) is 3.79. The van der Waals surface area contributed by atoms with E-state index in [9.17, 15) is 4.79 Å². The van der Waals surface area contributed by atoms with Crippen molar-refractivity contribution in [3.63, 3.8) is 0 Å². The number of ketones is 1. The van der Waals surface area contributed by atoms with Crippen LogP contribution in [0.4, 0.5) is 0 Å². The van der Waals surface area contributed by atoms with Crippen molar-refractivity contribution in [1.29, 1.82) is 0 Å². The van der Waals surface area contributed by atoms with E-state index in [1.54, 1.807) is 38.5 Å². The number of H-pyrrole nitrogens is 1. The summed E-state index contributed by atoms with van der Waals surface area (Å²) in [6, 6.07) is 12.9. The first-order valence-electron chi connectivity index (χ1n) is 8.03. The largest absolute Gasteiger partial charge is 0.497 e. The van der Waals surface area contributed by atoms with Crippen LogP contribution in [0.15, 0.2) is 47.6 Å². The van der Waals surface area contributed by atoms with Gasteiger partial charge in [0.1, 0.15) is 11.5 Å². The van der Waals surface area contributed by atoms with Crippen LogP contribution in [0.2, 0.25) is 0 Å². The van der Waals surface area contributed by atoms with E-state index in [1.807, 2.05) is 25.1 Å². The van der Waals surface area contributed by atoms with E-state index in [0.29, 0.717) is 5.56 Å². The number of hydrogen-bond donors (Lipinski definition) is 1. The third-order valence-electron chi connectivity index (χ3n) is 3.96. The highest BCUT2D eigenvalue weighted by atomic mass is 32.2. The van der Waals surface area contributed by atoms with Gasteiger partial charge in [0.05, 0.1) is 30.5 Å². The van der Waals surface area contributed by atoms with Crippen LogP contribution >= 0.6 is 11.8 Å². The second kappa shape index (κ2) is 7.61. The van der Waals surface area contributed by atoms with Crippen molar-refractivity contribution >= 4 is 28.6 Å². The fourth-order valence-corrected chi connectivity index (χ4v) is 3.55. The Kier molecular flexibility index (Phi) is 5.28. The number of ether oxygens (including phenoxy) is 2. The highest BCUT2D eigenvalue weighted by Gasteiger charge is 2.21. The lowest BCUT2D eigenvalue weighted by Gasteiger charge is -2.12. The molecule has 1 N–H and O–H groups in total. The van der Waals surface area contributed by atoms with E-state index in [4.69, 9.17) is 9.47 Å². The number of methoxy groups -OCH3 is 2. The Morgan fingerprint density at radius 3 is 2.44 bits per heavy atom. The Hall–Kier alpha value is -2.47. The first-order chi connectivity index (χ1) is 12.1. The first kappa shape index (κ1) is 17.4. The summed E-state index contributed by atoms with van der Waals surface area (Å²) in [5.74, 6) is 1.60. The van der Waals surface area contributed by atoms with E-state index in [0.717, 1.165) is 34.1 Å². The third-order valence-corrected chi connectivity index (χ3v) is 5.21. The lowest BCUT2D eigenvalue weighted by Crippen LogP contribution is -2.16. The van der Waals surface area contributed by atoms with E-state index in [2.05, 4.69) is 9.97 Å². The van der Waals surface area contributed by atoms with Crippen molar-refractivity contribution in [1.82, 2.24) is 9.97 Å². The number of benzene rings is 2. The van der Waals surface area contributed by atoms with E-state index in [1.165, 1.54) is 11.8 Å². The van der Waals surface area contributed by atoms with Gasteiger partial charge in [-0.2, -0.15) is 0 Å². The van der Waals surface area contributed by atoms with Crippen LogP contribution in [0, 0.1) is 0 Å². The Balaban J connectivity index is 1.79. The molecule has 2 aromatic carbocycles. The molecule has 1 aromatic heterocycles. The maximum Gasteiger partial charge on any atom is 0.176 e. The SMILES string of the molecule is CCC(Sc1nc2ccc(OC)cc2[nH]1)C(=O)c1ccc(OC)cc1. The van der Waals surface area contributed by atoms with Crippen LogP contribution in [0.5, 0.6) is 11.5 Å². The normalized spacial score (nSPS) is 12.1. The molecule has 6 heteroatoms. The van der Waals surface area contributed by atoms with E-state index in [-0.39, 0.29) is 11.0 Å². The molecule has 0 aliphatic heterocycles. The first-order valence-corrected chi connectivity index (χ1v) is 8.91. The number of aromatic amines is 1. The highest BCUT2D eigenvalue weighted by Crippen LogP contribution is 2.29. The van der Waals surface area contributed by atoms with Crippen LogP contribution in [0.25, 0.3) is 11.0 Å². The maximum atomic E-state index is 12.8. The Morgan fingerprint density at radius 2 is 1.80 bits per heavy atom. The zero-order chi connectivity index (χ0) is 17.8. The second-order valence-corrected chi connectivity index (χ2v) is 6.72. The fourth-order valence-electron chi connectivity index (χ4n) is 2.55. The molecule has 3 aromatic rings. The van der Waals surface area contributed by atoms with Crippen LogP contribution in [0.1, 0.15) is 23.7 Å². The van der Waals surface area contributed by atoms with Gasteiger partial charge in [-0.1, -0.05) is 18.7 Å². The van der Waals surface area contributed by atoms with Gasteiger partial charge in [-0.25, -0.2) is 4.98 Å². The number of rotatable bonds is 7. The van der Waals surface area contributed by atoms with Gasteiger partial charge in [-0.05, 0) is 42.8 Å². The summed E-state index contributed by atoms with van der Waals surface area (Å²) in [7, 11) is 3.24. The molecule has 0 saturated heterocycles. The van der Waals surface area contributed by atoms with Crippen molar-refractivity contribution in [2.75, 3.05) is 14.2 Å². The summed E-state index contributed by atoms with van der Waals surface area (Å²) < 4.78 is 10.4. The molecule has 0 fully saturated rings. The molecule has 1 heterocycles. The number of carbonyl (C=O) groups excluding carboxylic acids is 1. The molecular weight excluding hydrogens is 336 g/mol. The van der Waals surface area contributed by atoms with Gasteiger partial charge in [0, 0.05) is 11.6 Å². The molecule has 0 amide bonds. The average Bonchev–Trinajstić information content (AvgIpc) is 3.07. The second-order valence-electron chi connectivity index (χ2n) is 5.53. The number of nitrogens with one attached hydrogen (secondary N) is 1. The molecule has 0 radical (unpaired) electrons. The van der Waals surface area contributed by atoms with Gasteiger partial charge in [0.25, 0.3) is 0 Å². The zero-order valence-corrected chi connectivity index (χ0v) is 15.2. The minimum atomic E-state index is -0.198. The van der Waals surface area contributed by atoms with Gasteiger partial charge in [0.2, 0.25) is 0 Å². The molecule has 130 valence electrons. The molecule has 25 heavy (non-hydrogen) atoms. The number of imidazole rings is 1. The monoisotopic (exact) mass is 356 g/mol. The number of hydrogen-bond acceptors (Lipinski definition) is 5. The van der Waals surface area contributed by atoms with Crippen LogP contribution < -0.4 is 9.47 Å². The quantitative estimate of drug-likeness (QED) is 0.504. The fraction of sp³-hybridized carbons (Fsp3) is 0.263. The van der Waals surface area contributed by atoms with Crippen molar-refractivity contribution in [2.45, 2.75) is 23.8 Å². The Labute approximate surface area is 150 Å². The van der Waals surface area contributed by atoms with Crippen LogP contribution in [-0.2, 0) is 0 Å². The van der Waals surface area contributed by atoms with Crippen LogP contribution in [0.3, 0.4) is 0 Å². The smallest absolute Gasteiger partial charge is 0.176 e. The molecule has 0 spiro atoms. The van der Waals surface area contributed by atoms with Crippen molar-refractivity contribution in [2.24, 2.45) is 0 Å². The van der Waals surface area contributed by atoms with Crippen molar-refractivity contribution in [3.8, 4) is 11.5 Å². The molecule has 0 saturated carbocycles. The topological polar surface area (TPSA) is 64.2 Å². The summed E-state index contributed by atoms with van der Waals surface area (Å²) in [5, 5.41) is 0.535. The number of Topliss-reactive ketones (excluding diaryl/α,β-unsaturated/α-hetero) is 1. The molecule has 0 bridgehead atoms. The van der Waals surface area contributed by atoms with Crippen molar-refractivity contribution in [3.05, 3.63) is 48.0 Å². The number of fused-ring (bicyclic) bond motifs is 1. The van der Waals surface area contributed by atoms with E-state index >= 15 is 0 Å². The van der Waals surface area contributed by atoms with Gasteiger partial charge in [-0.3, -0.25) is 4.79 Å². The number of aromatic nitrogens is 2. The predicted molar refractivity (Wildman–Crippen MR) is 99.9 cm³/mol. The Morgan fingerprint density at radius 1 is 1.12 bits per heavy atom. The lowest BCUT2D eigenvalue weighted by atomic mass is 10.1. The molecule has 0 aliphatic carbocycles. The molecular formula is C19H20N2O3S. The van der Waals surface area contributed by atoms with Crippen molar-refractivity contribution < 1.29 is 14.3 Å².